The lowest BCUT2D eigenvalue weighted by atomic mass is 9.98. The molecule has 1 aromatic rings. The van der Waals surface area contributed by atoms with Crippen molar-refractivity contribution in [3.05, 3.63) is 18.0 Å². The molecule has 104 valence electrons. The summed E-state index contributed by atoms with van der Waals surface area (Å²) >= 11 is 0. The van der Waals surface area contributed by atoms with Gasteiger partial charge >= 0.3 is 0 Å². The number of amides is 1. The van der Waals surface area contributed by atoms with E-state index in [9.17, 15) is 4.79 Å². The fourth-order valence-corrected chi connectivity index (χ4v) is 2.79. The maximum atomic E-state index is 12.0. The Labute approximate surface area is 112 Å². The van der Waals surface area contributed by atoms with Gasteiger partial charge in [0.15, 0.2) is 6.29 Å². The maximum absolute atomic E-state index is 12.0. The zero-order valence-corrected chi connectivity index (χ0v) is 11.2. The number of piperidine rings is 1. The van der Waals surface area contributed by atoms with Crippen molar-refractivity contribution in [3.8, 4) is 0 Å². The zero-order chi connectivity index (χ0) is 13.2. The van der Waals surface area contributed by atoms with Gasteiger partial charge in [0.2, 0.25) is 0 Å². The maximum Gasteiger partial charge on any atom is 0.272 e. The second-order valence-corrected chi connectivity index (χ2v) is 5.34. The van der Waals surface area contributed by atoms with Gasteiger partial charge in [0.25, 0.3) is 5.91 Å². The molecule has 4 N–H and O–H groups in total. The van der Waals surface area contributed by atoms with Crippen LogP contribution in [0.3, 0.4) is 0 Å². The molecule has 3 rings (SSSR count). The molecule has 1 amide bonds. The summed E-state index contributed by atoms with van der Waals surface area (Å²) in [7, 11) is 1.88. The molecule has 2 aliphatic heterocycles. The van der Waals surface area contributed by atoms with Crippen LogP contribution in [-0.2, 0) is 7.05 Å². The van der Waals surface area contributed by atoms with Crippen molar-refractivity contribution in [2.24, 2.45) is 13.0 Å². The number of anilines is 1. The average molecular weight is 263 g/mol. The Bertz CT molecular complexity index is 464. The molecule has 0 aliphatic carbocycles. The van der Waals surface area contributed by atoms with Crippen molar-refractivity contribution >= 4 is 11.6 Å². The van der Waals surface area contributed by atoms with Crippen molar-refractivity contribution in [2.45, 2.75) is 19.1 Å². The third-order valence-corrected chi connectivity index (χ3v) is 3.93. The summed E-state index contributed by atoms with van der Waals surface area (Å²) in [6.07, 6.45) is 4.12. The van der Waals surface area contributed by atoms with E-state index in [2.05, 4.69) is 21.3 Å². The van der Waals surface area contributed by atoms with Gasteiger partial charge in [-0.1, -0.05) is 0 Å². The molecule has 6 heteroatoms. The zero-order valence-electron chi connectivity index (χ0n) is 11.2. The van der Waals surface area contributed by atoms with E-state index in [0.29, 0.717) is 11.6 Å². The van der Waals surface area contributed by atoms with Crippen molar-refractivity contribution in [3.63, 3.8) is 0 Å². The summed E-state index contributed by atoms with van der Waals surface area (Å²) in [5.41, 5.74) is 1.59. The molecule has 1 fully saturated rings. The standard InChI is InChI=1S/C13H21N5O/c1-18-7-4-10-11(18)12(19)17-13(16-10)15-8-9-2-5-14-6-3-9/h4,7,9,13-16H,2-3,5-6,8H2,1H3,(H,17,19). The number of aromatic nitrogens is 1. The number of nitrogens with one attached hydrogen (secondary N) is 4. The Kier molecular flexibility index (Phi) is 3.44. The molecule has 1 aromatic heterocycles. The Hall–Kier alpha value is -1.53. The van der Waals surface area contributed by atoms with Crippen LogP contribution in [0.2, 0.25) is 0 Å². The summed E-state index contributed by atoms with van der Waals surface area (Å²) in [5.74, 6) is 0.668. The number of nitrogens with zero attached hydrogens (tertiary/aromatic N) is 1. The summed E-state index contributed by atoms with van der Waals surface area (Å²) in [6, 6.07) is 1.94. The molecule has 1 unspecified atom stereocenters. The molecule has 6 nitrogen and oxygen atoms in total. The lowest BCUT2D eigenvalue weighted by Crippen LogP contribution is -2.55. The van der Waals surface area contributed by atoms with E-state index in [1.165, 1.54) is 12.8 Å². The highest BCUT2D eigenvalue weighted by atomic mass is 16.2. The van der Waals surface area contributed by atoms with Crippen LogP contribution in [-0.4, -0.2) is 36.4 Å². The molecule has 0 spiro atoms. The van der Waals surface area contributed by atoms with Gasteiger partial charge in [-0.25, -0.2) is 0 Å². The fourth-order valence-electron chi connectivity index (χ4n) is 2.79. The van der Waals surface area contributed by atoms with E-state index in [0.717, 1.165) is 25.3 Å². The fraction of sp³-hybridized carbons (Fsp3) is 0.615. The van der Waals surface area contributed by atoms with Crippen LogP contribution >= 0.6 is 0 Å². The number of hydrogen-bond donors (Lipinski definition) is 4. The first-order chi connectivity index (χ1) is 9.24. The van der Waals surface area contributed by atoms with Gasteiger partial charge in [-0.3, -0.25) is 10.1 Å². The van der Waals surface area contributed by atoms with Crippen LogP contribution in [0.4, 0.5) is 5.69 Å². The number of carbonyl (C=O) groups excluding carboxylic acids is 1. The van der Waals surface area contributed by atoms with E-state index in [1.807, 2.05) is 23.9 Å². The molecule has 0 radical (unpaired) electrons. The highest BCUT2D eigenvalue weighted by Gasteiger charge is 2.26. The minimum atomic E-state index is -0.169. The quantitative estimate of drug-likeness (QED) is 0.622. The molecule has 1 saturated heterocycles. The first kappa shape index (κ1) is 12.5. The van der Waals surface area contributed by atoms with E-state index in [1.54, 1.807) is 0 Å². The number of carbonyl (C=O) groups is 1. The van der Waals surface area contributed by atoms with Crippen LogP contribution in [0.25, 0.3) is 0 Å². The lowest BCUT2D eigenvalue weighted by molar-refractivity contribution is 0.0918. The van der Waals surface area contributed by atoms with Gasteiger partial charge in [-0.15, -0.1) is 0 Å². The van der Waals surface area contributed by atoms with Crippen molar-refractivity contribution in [1.82, 2.24) is 20.5 Å². The predicted molar refractivity (Wildman–Crippen MR) is 73.9 cm³/mol. The molecule has 3 heterocycles. The van der Waals surface area contributed by atoms with Crippen LogP contribution < -0.4 is 21.3 Å². The number of hydrogen-bond acceptors (Lipinski definition) is 4. The van der Waals surface area contributed by atoms with Crippen molar-refractivity contribution in [2.75, 3.05) is 25.0 Å². The van der Waals surface area contributed by atoms with E-state index < -0.39 is 0 Å². The Morgan fingerprint density at radius 1 is 1.37 bits per heavy atom. The minimum Gasteiger partial charge on any atom is -0.351 e. The summed E-state index contributed by atoms with van der Waals surface area (Å²) in [4.78, 5) is 12.0. The van der Waals surface area contributed by atoms with Crippen molar-refractivity contribution in [1.29, 1.82) is 0 Å². The van der Waals surface area contributed by atoms with E-state index in [-0.39, 0.29) is 12.2 Å². The second kappa shape index (κ2) is 5.22. The van der Waals surface area contributed by atoms with E-state index >= 15 is 0 Å². The topological polar surface area (TPSA) is 70.1 Å². The summed E-state index contributed by atoms with van der Waals surface area (Å²) < 4.78 is 1.83. The van der Waals surface area contributed by atoms with Gasteiger partial charge in [-0.2, -0.15) is 0 Å². The first-order valence-electron chi connectivity index (χ1n) is 6.91. The third-order valence-electron chi connectivity index (χ3n) is 3.93. The van der Waals surface area contributed by atoms with Gasteiger partial charge < -0.3 is 20.5 Å². The number of aryl methyl sites for hydroxylation is 1. The second-order valence-electron chi connectivity index (χ2n) is 5.34. The van der Waals surface area contributed by atoms with Gasteiger partial charge in [0.05, 0.1) is 5.69 Å². The highest BCUT2D eigenvalue weighted by Crippen LogP contribution is 2.20. The number of fused-ring (bicyclic) bond motifs is 1. The molecule has 0 bridgehead atoms. The minimum absolute atomic E-state index is 0.0240. The Morgan fingerprint density at radius 2 is 2.16 bits per heavy atom. The average Bonchev–Trinajstić information content (AvgIpc) is 2.80. The van der Waals surface area contributed by atoms with Crippen LogP contribution in [0, 0.1) is 5.92 Å². The van der Waals surface area contributed by atoms with Gasteiger partial charge in [0, 0.05) is 19.8 Å². The normalized spacial score (nSPS) is 23.6. The summed E-state index contributed by atoms with van der Waals surface area (Å²) in [6.45, 7) is 3.13. The van der Waals surface area contributed by atoms with E-state index in [4.69, 9.17) is 0 Å². The van der Waals surface area contributed by atoms with Gasteiger partial charge in [0.1, 0.15) is 5.69 Å². The third kappa shape index (κ3) is 2.59. The largest absolute Gasteiger partial charge is 0.351 e. The SMILES string of the molecule is Cn1ccc2c1C(=O)NC(NCC1CCNCC1)N2. The Morgan fingerprint density at radius 3 is 2.95 bits per heavy atom. The summed E-state index contributed by atoms with van der Waals surface area (Å²) in [5, 5.41) is 13.0. The molecule has 1 atom stereocenters. The molecular formula is C13H21N5O. The van der Waals surface area contributed by atoms with Crippen LogP contribution in [0.1, 0.15) is 23.3 Å². The van der Waals surface area contributed by atoms with Gasteiger partial charge in [-0.05, 0) is 37.9 Å². The van der Waals surface area contributed by atoms with Crippen LogP contribution in [0.5, 0.6) is 0 Å². The monoisotopic (exact) mass is 263 g/mol. The molecule has 2 aliphatic rings. The lowest BCUT2D eigenvalue weighted by Gasteiger charge is -2.30. The molecule has 19 heavy (non-hydrogen) atoms. The van der Waals surface area contributed by atoms with Crippen molar-refractivity contribution < 1.29 is 4.79 Å². The predicted octanol–water partition coefficient (Wildman–Crippen LogP) is 0.0532. The molecule has 0 saturated carbocycles. The first-order valence-corrected chi connectivity index (χ1v) is 6.91. The number of rotatable bonds is 3. The highest BCUT2D eigenvalue weighted by molar-refractivity contribution is 6.00. The Balaban J connectivity index is 1.57. The molecule has 0 aromatic carbocycles. The van der Waals surface area contributed by atoms with Crippen LogP contribution in [0.15, 0.2) is 12.3 Å². The smallest absolute Gasteiger partial charge is 0.272 e. The molecular weight excluding hydrogens is 242 g/mol.